The summed E-state index contributed by atoms with van der Waals surface area (Å²) in [5.74, 6) is 0.0200. The van der Waals surface area contributed by atoms with Crippen molar-refractivity contribution in [3.8, 4) is 0 Å². The lowest BCUT2D eigenvalue weighted by molar-refractivity contribution is -0.119. The van der Waals surface area contributed by atoms with Crippen molar-refractivity contribution >= 4 is 5.91 Å². The van der Waals surface area contributed by atoms with Crippen LogP contribution < -0.4 is 10.6 Å². The lowest BCUT2D eigenvalue weighted by atomic mass is 10.0. The third kappa shape index (κ3) is 6.40. The maximum atomic E-state index is 11.2. The molecule has 0 aromatic heterocycles. The predicted molar refractivity (Wildman–Crippen MR) is 75.5 cm³/mol. The van der Waals surface area contributed by atoms with Gasteiger partial charge in [0.15, 0.2) is 0 Å². The quantitative estimate of drug-likeness (QED) is 0.838. The molecule has 1 unspecified atom stereocenters. The topological polar surface area (TPSA) is 41.1 Å². The first-order valence-corrected chi connectivity index (χ1v) is 6.43. The van der Waals surface area contributed by atoms with Crippen LogP contribution in [0, 0.1) is 0 Å². The number of hydrogen-bond acceptors (Lipinski definition) is 2. The second kappa shape index (κ2) is 6.55. The van der Waals surface area contributed by atoms with Crippen LogP contribution in [0.25, 0.3) is 0 Å². The summed E-state index contributed by atoms with van der Waals surface area (Å²) in [6.07, 6.45) is 0.851. The van der Waals surface area contributed by atoms with Crippen LogP contribution in [0.2, 0.25) is 0 Å². The normalized spacial score (nSPS) is 13.1. The van der Waals surface area contributed by atoms with E-state index in [2.05, 4.69) is 43.5 Å². The van der Waals surface area contributed by atoms with Crippen LogP contribution in [0.1, 0.15) is 33.3 Å². The molecule has 3 heteroatoms. The summed E-state index contributed by atoms with van der Waals surface area (Å²) in [4.78, 5) is 11.2. The number of benzene rings is 1. The van der Waals surface area contributed by atoms with Gasteiger partial charge in [-0.3, -0.25) is 4.79 Å². The van der Waals surface area contributed by atoms with E-state index < -0.39 is 0 Å². The Morgan fingerprint density at radius 3 is 2.33 bits per heavy atom. The van der Waals surface area contributed by atoms with Crippen LogP contribution in [-0.4, -0.2) is 24.0 Å². The number of nitrogens with one attached hydrogen (secondary N) is 2. The van der Waals surface area contributed by atoms with Crippen LogP contribution >= 0.6 is 0 Å². The molecular weight excluding hydrogens is 224 g/mol. The summed E-state index contributed by atoms with van der Waals surface area (Å²) in [6.45, 7) is 8.72. The van der Waals surface area contributed by atoms with Crippen LogP contribution in [0.15, 0.2) is 30.3 Å². The van der Waals surface area contributed by atoms with E-state index >= 15 is 0 Å². The average molecular weight is 248 g/mol. The van der Waals surface area contributed by atoms with Crippen molar-refractivity contribution in [1.29, 1.82) is 0 Å². The Kier molecular flexibility index (Phi) is 5.35. The van der Waals surface area contributed by atoms with E-state index in [1.807, 2.05) is 18.2 Å². The third-order valence-corrected chi connectivity index (χ3v) is 2.61. The Labute approximate surface area is 110 Å². The Morgan fingerprint density at radius 1 is 1.22 bits per heavy atom. The fourth-order valence-electron chi connectivity index (χ4n) is 1.79. The third-order valence-electron chi connectivity index (χ3n) is 2.61. The molecule has 1 aromatic rings. The van der Waals surface area contributed by atoms with Gasteiger partial charge in [-0.05, 0) is 32.8 Å². The van der Waals surface area contributed by atoms with E-state index in [1.54, 1.807) is 6.92 Å². The van der Waals surface area contributed by atoms with Crippen molar-refractivity contribution in [1.82, 2.24) is 10.6 Å². The molecule has 3 nitrogen and oxygen atoms in total. The molecule has 1 amide bonds. The summed E-state index contributed by atoms with van der Waals surface area (Å²) < 4.78 is 0. The van der Waals surface area contributed by atoms with E-state index in [1.165, 1.54) is 5.56 Å². The standard InChI is InChI=1S/C15H24N2O/c1-12(18)17-14(11-16-15(2,3)4)10-13-8-6-5-7-9-13/h5-9,14,16H,10-11H2,1-4H3,(H,17,18). The van der Waals surface area contributed by atoms with Crippen molar-refractivity contribution in [2.75, 3.05) is 6.54 Å². The van der Waals surface area contributed by atoms with Gasteiger partial charge >= 0.3 is 0 Å². The highest BCUT2D eigenvalue weighted by Crippen LogP contribution is 2.05. The molecule has 0 aliphatic carbocycles. The van der Waals surface area contributed by atoms with Gasteiger partial charge in [-0.2, -0.15) is 0 Å². The summed E-state index contributed by atoms with van der Waals surface area (Å²) in [7, 11) is 0. The van der Waals surface area contributed by atoms with Gasteiger partial charge < -0.3 is 10.6 Å². The molecule has 1 atom stereocenters. The highest BCUT2D eigenvalue weighted by atomic mass is 16.1. The molecule has 0 saturated heterocycles. The minimum Gasteiger partial charge on any atom is -0.352 e. The van der Waals surface area contributed by atoms with Crippen molar-refractivity contribution in [2.24, 2.45) is 0 Å². The Balaban J connectivity index is 2.58. The molecule has 1 rings (SSSR count). The van der Waals surface area contributed by atoms with Crippen molar-refractivity contribution in [3.63, 3.8) is 0 Å². The molecule has 2 N–H and O–H groups in total. The highest BCUT2D eigenvalue weighted by Gasteiger charge is 2.15. The van der Waals surface area contributed by atoms with E-state index in [4.69, 9.17) is 0 Å². The van der Waals surface area contributed by atoms with Crippen molar-refractivity contribution in [2.45, 2.75) is 45.7 Å². The molecule has 0 saturated carbocycles. The minimum absolute atomic E-state index is 0.0200. The predicted octanol–water partition coefficient (Wildman–Crippen LogP) is 2.12. The van der Waals surface area contributed by atoms with Crippen molar-refractivity contribution < 1.29 is 4.79 Å². The fraction of sp³-hybridized carbons (Fsp3) is 0.533. The summed E-state index contributed by atoms with van der Waals surface area (Å²) in [5.41, 5.74) is 1.31. The number of amides is 1. The molecule has 100 valence electrons. The Hall–Kier alpha value is -1.35. The largest absolute Gasteiger partial charge is 0.352 e. The smallest absolute Gasteiger partial charge is 0.217 e. The molecule has 0 radical (unpaired) electrons. The SMILES string of the molecule is CC(=O)NC(CNC(C)(C)C)Cc1ccccc1. The number of hydrogen-bond donors (Lipinski definition) is 2. The van der Waals surface area contributed by atoms with Crippen LogP contribution in [0.5, 0.6) is 0 Å². The van der Waals surface area contributed by atoms with E-state index in [9.17, 15) is 4.79 Å². The van der Waals surface area contributed by atoms with Gasteiger partial charge in [-0.1, -0.05) is 30.3 Å². The maximum Gasteiger partial charge on any atom is 0.217 e. The molecule has 18 heavy (non-hydrogen) atoms. The number of rotatable bonds is 5. The van der Waals surface area contributed by atoms with E-state index in [0.717, 1.165) is 13.0 Å². The first-order chi connectivity index (χ1) is 8.37. The number of carbonyl (C=O) groups is 1. The first kappa shape index (κ1) is 14.7. The van der Waals surface area contributed by atoms with Crippen LogP contribution in [0.4, 0.5) is 0 Å². The lowest BCUT2D eigenvalue weighted by Gasteiger charge is -2.26. The fourth-order valence-corrected chi connectivity index (χ4v) is 1.79. The summed E-state index contributed by atoms with van der Waals surface area (Å²) >= 11 is 0. The first-order valence-electron chi connectivity index (χ1n) is 6.43. The van der Waals surface area contributed by atoms with Gasteiger partial charge in [0.25, 0.3) is 0 Å². The second-order valence-electron chi connectivity index (χ2n) is 5.72. The molecule has 0 bridgehead atoms. The van der Waals surface area contributed by atoms with Crippen LogP contribution in [0.3, 0.4) is 0 Å². The van der Waals surface area contributed by atoms with Gasteiger partial charge in [0.05, 0.1) is 0 Å². The molecule has 0 fully saturated rings. The minimum atomic E-state index is 0.0200. The van der Waals surface area contributed by atoms with Gasteiger partial charge in [0.2, 0.25) is 5.91 Å². The lowest BCUT2D eigenvalue weighted by Crippen LogP contribution is -2.48. The zero-order chi connectivity index (χ0) is 13.6. The Morgan fingerprint density at radius 2 is 1.83 bits per heavy atom. The Bertz CT molecular complexity index is 368. The molecule has 0 spiro atoms. The molecule has 0 aliphatic rings. The summed E-state index contributed by atoms with van der Waals surface area (Å²) in [5, 5.41) is 6.43. The van der Waals surface area contributed by atoms with Gasteiger partial charge in [-0.15, -0.1) is 0 Å². The average Bonchev–Trinajstić information content (AvgIpc) is 2.25. The molecule has 1 aromatic carbocycles. The monoisotopic (exact) mass is 248 g/mol. The van der Waals surface area contributed by atoms with Crippen molar-refractivity contribution in [3.05, 3.63) is 35.9 Å². The van der Waals surface area contributed by atoms with Gasteiger partial charge in [0.1, 0.15) is 0 Å². The number of carbonyl (C=O) groups excluding carboxylic acids is 1. The zero-order valence-corrected chi connectivity index (χ0v) is 11.8. The van der Waals surface area contributed by atoms with Gasteiger partial charge in [-0.25, -0.2) is 0 Å². The van der Waals surface area contributed by atoms with Gasteiger partial charge in [0, 0.05) is 25.0 Å². The zero-order valence-electron chi connectivity index (χ0n) is 11.8. The van der Waals surface area contributed by atoms with E-state index in [-0.39, 0.29) is 17.5 Å². The van der Waals surface area contributed by atoms with E-state index in [0.29, 0.717) is 0 Å². The molecular formula is C15H24N2O. The highest BCUT2D eigenvalue weighted by molar-refractivity contribution is 5.73. The summed E-state index contributed by atoms with van der Waals surface area (Å²) in [6, 6.07) is 10.4. The maximum absolute atomic E-state index is 11.2. The van der Waals surface area contributed by atoms with Crippen LogP contribution in [-0.2, 0) is 11.2 Å². The molecule has 0 aliphatic heterocycles. The second-order valence-corrected chi connectivity index (χ2v) is 5.72. The molecule has 0 heterocycles.